The van der Waals surface area contributed by atoms with E-state index in [9.17, 15) is 14.0 Å². The maximum atomic E-state index is 13.7. The molecule has 5 N–H and O–H groups in total. The predicted octanol–water partition coefficient (Wildman–Crippen LogP) is 0.678. The van der Waals surface area contributed by atoms with Crippen LogP contribution in [0.15, 0.2) is 12.1 Å². The smallest absolute Gasteiger partial charge is 0.253 e. The molecule has 1 heterocycles. The standard InChI is InChI=1S/C14H18FN3O3/c1-7-10(15)4-8(13(17)19)5-11(7)18-14(20)12-3-2-9(6-16)21-12/h4-5,9,12H,2-3,6,16H2,1H3,(H2,17,19)(H,18,20). The Bertz CT molecular complexity index is 577. The Labute approximate surface area is 121 Å². The number of primary amides is 1. The van der Waals surface area contributed by atoms with E-state index < -0.39 is 17.8 Å². The second-order valence-electron chi connectivity index (χ2n) is 5.04. The molecule has 0 aromatic heterocycles. The van der Waals surface area contributed by atoms with Crippen molar-refractivity contribution in [3.05, 3.63) is 29.1 Å². The Balaban J connectivity index is 2.15. The number of hydrogen-bond donors (Lipinski definition) is 3. The number of carbonyl (C=O) groups is 2. The molecule has 2 rings (SSSR count). The molecule has 0 aliphatic carbocycles. The monoisotopic (exact) mass is 295 g/mol. The Hall–Kier alpha value is -1.99. The van der Waals surface area contributed by atoms with Gasteiger partial charge in [0.2, 0.25) is 5.91 Å². The molecule has 0 spiro atoms. The van der Waals surface area contributed by atoms with Gasteiger partial charge in [0.25, 0.3) is 5.91 Å². The van der Waals surface area contributed by atoms with Gasteiger partial charge >= 0.3 is 0 Å². The van der Waals surface area contributed by atoms with Crippen molar-refractivity contribution in [2.75, 3.05) is 11.9 Å². The maximum absolute atomic E-state index is 13.7. The third-order valence-electron chi connectivity index (χ3n) is 3.55. The Morgan fingerprint density at radius 1 is 1.43 bits per heavy atom. The fraction of sp³-hybridized carbons (Fsp3) is 0.429. The van der Waals surface area contributed by atoms with Crippen LogP contribution in [-0.2, 0) is 9.53 Å². The second kappa shape index (κ2) is 6.19. The van der Waals surface area contributed by atoms with Gasteiger partial charge in [-0.3, -0.25) is 9.59 Å². The van der Waals surface area contributed by atoms with Gasteiger partial charge in [-0.15, -0.1) is 0 Å². The molecule has 2 unspecified atom stereocenters. The number of hydrogen-bond acceptors (Lipinski definition) is 4. The average molecular weight is 295 g/mol. The third kappa shape index (κ3) is 3.37. The highest BCUT2D eigenvalue weighted by atomic mass is 19.1. The van der Waals surface area contributed by atoms with E-state index in [2.05, 4.69) is 5.32 Å². The van der Waals surface area contributed by atoms with Crippen LogP contribution in [0.25, 0.3) is 0 Å². The van der Waals surface area contributed by atoms with E-state index in [0.29, 0.717) is 19.4 Å². The summed E-state index contributed by atoms with van der Waals surface area (Å²) in [7, 11) is 0. The van der Waals surface area contributed by atoms with Crippen LogP contribution >= 0.6 is 0 Å². The molecule has 1 fully saturated rings. The van der Waals surface area contributed by atoms with Crippen molar-refractivity contribution in [1.29, 1.82) is 0 Å². The molecule has 6 nitrogen and oxygen atoms in total. The van der Waals surface area contributed by atoms with Crippen LogP contribution in [0.3, 0.4) is 0 Å². The summed E-state index contributed by atoms with van der Waals surface area (Å²) in [6.07, 6.45) is 0.530. The van der Waals surface area contributed by atoms with E-state index >= 15 is 0 Å². The summed E-state index contributed by atoms with van der Waals surface area (Å²) in [5.41, 5.74) is 11.1. The quantitative estimate of drug-likeness (QED) is 0.759. The number of nitrogens with one attached hydrogen (secondary N) is 1. The minimum absolute atomic E-state index is 0.000532. The molecule has 1 aromatic carbocycles. The van der Waals surface area contributed by atoms with Gasteiger partial charge in [0, 0.05) is 23.4 Å². The molecule has 0 saturated carbocycles. The number of ether oxygens (including phenoxy) is 1. The summed E-state index contributed by atoms with van der Waals surface area (Å²) in [6.45, 7) is 1.86. The number of halogens is 1. The fourth-order valence-corrected chi connectivity index (χ4v) is 2.24. The van der Waals surface area contributed by atoms with E-state index in [1.807, 2.05) is 0 Å². The van der Waals surface area contributed by atoms with Gasteiger partial charge in [-0.05, 0) is 31.9 Å². The molecule has 2 amide bonds. The average Bonchev–Trinajstić information content (AvgIpc) is 2.92. The summed E-state index contributed by atoms with van der Waals surface area (Å²) in [5, 5.41) is 2.58. The molecular formula is C14H18FN3O3. The number of carbonyl (C=O) groups excluding carboxylic acids is 2. The summed E-state index contributed by atoms with van der Waals surface area (Å²) in [4.78, 5) is 23.3. The molecule has 1 aromatic rings. The molecule has 7 heteroatoms. The summed E-state index contributed by atoms with van der Waals surface area (Å²) in [5.74, 6) is -1.74. The highest BCUT2D eigenvalue weighted by Crippen LogP contribution is 2.24. The third-order valence-corrected chi connectivity index (χ3v) is 3.55. The van der Waals surface area contributed by atoms with Gasteiger partial charge in [0.05, 0.1) is 6.10 Å². The predicted molar refractivity (Wildman–Crippen MR) is 75.2 cm³/mol. The van der Waals surface area contributed by atoms with Crippen molar-refractivity contribution in [2.45, 2.75) is 32.0 Å². The van der Waals surface area contributed by atoms with Crippen molar-refractivity contribution >= 4 is 17.5 Å². The van der Waals surface area contributed by atoms with Crippen molar-refractivity contribution in [1.82, 2.24) is 0 Å². The summed E-state index contributed by atoms with van der Waals surface area (Å²) >= 11 is 0. The van der Waals surface area contributed by atoms with Gasteiger partial charge in [-0.2, -0.15) is 0 Å². The van der Waals surface area contributed by atoms with Crippen molar-refractivity contribution in [3.8, 4) is 0 Å². The van der Waals surface area contributed by atoms with Crippen LogP contribution in [0.5, 0.6) is 0 Å². The lowest BCUT2D eigenvalue weighted by Crippen LogP contribution is -2.30. The van der Waals surface area contributed by atoms with Gasteiger partial charge < -0.3 is 21.5 Å². The van der Waals surface area contributed by atoms with Crippen LogP contribution in [0.1, 0.15) is 28.8 Å². The number of rotatable bonds is 4. The summed E-state index contributed by atoms with van der Waals surface area (Å²) < 4.78 is 19.2. The van der Waals surface area contributed by atoms with Crippen LogP contribution in [0.4, 0.5) is 10.1 Å². The molecular weight excluding hydrogens is 277 g/mol. The lowest BCUT2D eigenvalue weighted by atomic mass is 10.1. The minimum Gasteiger partial charge on any atom is -0.366 e. The second-order valence-corrected chi connectivity index (χ2v) is 5.04. The number of amides is 2. The zero-order chi connectivity index (χ0) is 15.6. The van der Waals surface area contributed by atoms with Crippen molar-refractivity contribution in [2.24, 2.45) is 11.5 Å². The fourth-order valence-electron chi connectivity index (χ4n) is 2.24. The van der Waals surface area contributed by atoms with E-state index in [4.69, 9.17) is 16.2 Å². The number of benzene rings is 1. The first-order valence-corrected chi connectivity index (χ1v) is 6.68. The highest BCUT2D eigenvalue weighted by molar-refractivity contribution is 5.98. The minimum atomic E-state index is -0.760. The molecule has 0 bridgehead atoms. The topological polar surface area (TPSA) is 107 Å². The van der Waals surface area contributed by atoms with Gasteiger partial charge in [-0.1, -0.05) is 0 Å². The first-order chi connectivity index (χ1) is 9.92. The molecule has 0 radical (unpaired) electrons. The molecule has 2 atom stereocenters. The first kappa shape index (κ1) is 15.4. The lowest BCUT2D eigenvalue weighted by Gasteiger charge is -2.15. The van der Waals surface area contributed by atoms with Gasteiger partial charge in [0.1, 0.15) is 11.9 Å². The molecule has 21 heavy (non-hydrogen) atoms. The van der Waals surface area contributed by atoms with Gasteiger partial charge in [0.15, 0.2) is 0 Å². The maximum Gasteiger partial charge on any atom is 0.253 e. The zero-order valence-electron chi connectivity index (χ0n) is 11.7. The van der Waals surface area contributed by atoms with Crippen LogP contribution < -0.4 is 16.8 Å². The van der Waals surface area contributed by atoms with Crippen LogP contribution in [-0.4, -0.2) is 30.6 Å². The SMILES string of the molecule is Cc1c(F)cc(C(N)=O)cc1NC(=O)C1CCC(CN)O1. The van der Waals surface area contributed by atoms with Crippen molar-refractivity contribution < 1.29 is 18.7 Å². The highest BCUT2D eigenvalue weighted by Gasteiger charge is 2.30. The zero-order valence-corrected chi connectivity index (χ0v) is 11.7. The summed E-state index contributed by atoms with van der Waals surface area (Å²) in [6, 6.07) is 2.40. The Kier molecular flexibility index (Phi) is 4.54. The van der Waals surface area contributed by atoms with Crippen LogP contribution in [0, 0.1) is 12.7 Å². The lowest BCUT2D eigenvalue weighted by molar-refractivity contribution is -0.126. The Morgan fingerprint density at radius 2 is 2.14 bits per heavy atom. The van der Waals surface area contributed by atoms with E-state index in [1.54, 1.807) is 0 Å². The van der Waals surface area contributed by atoms with Gasteiger partial charge in [-0.25, -0.2) is 4.39 Å². The van der Waals surface area contributed by atoms with E-state index in [0.717, 1.165) is 6.07 Å². The first-order valence-electron chi connectivity index (χ1n) is 6.68. The normalized spacial score (nSPS) is 21.3. The molecule has 114 valence electrons. The molecule has 1 aliphatic heterocycles. The number of anilines is 1. The molecule has 1 aliphatic rings. The largest absolute Gasteiger partial charge is 0.366 e. The Morgan fingerprint density at radius 3 is 2.71 bits per heavy atom. The van der Waals surface area contributed by atoms with E-state index in [1.165, 1.54) is 13.0 Å². The van der Waals surface area contributed by atoms with E-state index in [-0.39, 0.29) is 28.8 Å². The molecule has 1 saturated heterocycles. The number of nitrogens with two attached hydrogens (primary N) is 2. The van der Waals surface area contributed by atoms with Crippen LogP contribution in [0.2, 0.25) is 0 Å². The van der Waals surface area contributed by atoms with Crippen molar-refractivity contribution in [3.63, 3.8) is 0 Å².